The third-order valence-corrected chi connectivity index (χ3v) is 3.67. The molecule has 128 valence electrons. The summed E-state index contributed by atoms with van der Waals surface area (Å²) in [5.74, 6) is -0.437. The molecule has 0 amide bonds. The summed E-state index contributed by atoms with van der Waals surface area (Å²) in [4.78, 5) is 22.9. The fourth-order valence-electron chi connectivity index (χ4n) is 2.32. The Morgan fingerprint density at radius 3 is 2.60 bits per heavy atom. The van der Waals surface area contributed by atoms with Crippen molar-refractivity contribution in [2.24, 2.45) is 10.2 Å². The van der Waals surface area contributed by atoms with Crippen LogP contribution >= 0.6 is 0 Å². The minimum atomic E-state index is -0.630. The number of hydrogen-bond donors (Lipinski definition) is 1. The van der Waals surface area contributed by atoms with Gasteiger partial charge in [0.2, 0.25) is 5.88 Å². The maximum absolute atomic E-state index is 12.4. The predicted molar refractivity (Wildman–Crippen MR) is 89.5 cm³/mol. The molecule has 0 unspecified atom stereocenters. The van der Waals surface area contributed by atoms with E-state index in [1.807, 2.05) is 6.07 Å². The Bertz CT molecular complexity index is 985. The molecule has 0 aliphatic rings. The second-order valence-corrected chi connectivity index (χ2v) is 5.28. The molecular weight excluding hydrogens is 326 g/mol. The van der Waals surface area contributed by atoms with E-state index in [1.165, 1.54) is 19.1 Å². The van der Waals surface area contributed by atoms with Crippen molar-refractivity contribution in [3.63, 3.8) is 0 Å². The second kappa shape index (κ2) is 6.92. The van der Waals surface area contributed by atoms with Gasteiger partial charge >= 0.3 is 0 Å². The number of nitro benzene ring substituents is 1. The van der Waals surface area contributed by atoms with Crippen LogP contribution in [0.3, 0.4) is 0 Å². The van der Waals surface area contributed by atoms with Crippen LogP contribution < -0.4 is 5.56 Å². The zero-order valence-electron chi connectivity index (χ0n) is 13.8. The smallest absolute Gasteiger partial charge is 0.296 e. The van der Waals surface area contributed by atoms with E-state index >= 15 is 0 Å². The van der Waals surface area contributed by atoms with E-state index in [9.17, 15) is 25.3 Å². The van der Waals surface area contributed by atoms with Gasteiger partial charge in [-0.15, -0.1) is 10.2 Å². The Morgan fingerprint density at radius 2 is 2.04 bits per heavy atom. The van der Waals surface area contributed by atoms with Crippen molar-refractivity contribution in [1.82, 2.24) is 4.57 Å². The molecule has 2 aromatic rings. The molecule has 0 atom stereocenters. The Morgan fingerprint density at radius 1 is 1.36 bits per heavy atom. The predicted octanol–water partition coefficient (Wildman–Crippen LogP) is 3.39. The van der Waals surface area contributed by atoms with Gasteiger partial charge in [0, 0.05) is 18.2 Å². The third-order valence-electron chi connectivity index (χ3n) is 3.67. The Hall–Kier alpha value is -3.54. The van der Waals surface area contributed by atoms with Gasteiger partial charge in [-0.05, 0) is 32.4 Å². The topological polar surface area (TPSA) is 134 Å². The van der Waals surface area contributed by atoms with Crippen molar-refractivity contribution in [2.75, 3.05) is 0 Å². The van der Waals surface area contributed by atoms with Gasteiger partial charge in [-0.25, -0.2) is 0 Å². The van der Waals surface area contributed by atoms with E-state index in [0.717, 1.165) is 4.57 Å². The number of hydrogen-bond acceptors (Lipinski definition) is 7. The zero-order chi connectivity index (χ0) is 18.7. The molecule has 1 N–H and O–H groups in total. The lowest BCUT2D eigenvalue weighted by atomic mass is 10.1. The molecule has 1 aromatic heterocycles. The highest BCUT2D eigenvalue weighted by molar-refractivity contribution is 5.60. The van der Waals surface area contributed by atoms with Crippen LogP contribution in [-0.2, 0) is 6.54 Å². The standard InChI is InChI=1S/C16H15N5O4/c1-4-20-15(22)11(8-17)10(3)14(16(20)23)19-18-12-6-5-9(2)7-13(12)21(24)25/h5-7,22H,4H2,1-3H3. The Balaban J connectivity index is 2.67. The molecule has 0 fully saturated rings. The van der Waals surface area contributed by atoms with Gasteiger partial charge in [-0.3, -0.25) is 19.5 Å². The molecule has 1 heterocycles. The summed E-state index contributed by atoms with van der Waals surface area (Å²) in [6, 6.07) is 6.23. The molecule has 2 rings (SSSR count). The minimum Gasteiger partial charge on any atom is -0.493 e. The lowest BCUT2D eigenvalue weighted by Gasteiger charge is -2.10. The van der Waals surface area contributed by atoms with Crippen molar-refractivity contribution in [1.29, 1.82) is 5.26 Å². The SMILES string of the molecule is CCn1c(O)c(C#N)c(C)c(N=Nc2ccc(C)cc2[N+](=O)[O-])c1=O. The van der Waals surface area contributed by atoms with Crippen molar-refractivity contribution in [3.8, 4) is 11.9 Å². The largest absolute Gasteiger partial charge is 0.493 e. The molecule has 0 saturated heterocycles. The van der Waals surface area contributed by atoms with Crippen LogP contribution in [0.25, 0.3) is 0 Å². The van der Waals surface area contributed by atoms with E-state index < -0.39 is 16.4 Å². The first-order chi connectivity index (χ1) is 11.8. The second-order valence-electron chi connectivity index (χ2n) is 5.28. The van der Waals surface area contributed by atoms with Gasteiger partial charge < -0.3 is 5.11 Å². The average molecular weight is 341 g/mol. The fourth-order valence-corrected chi connectivity index (χ4v) is 2.32. The first-order valence-electron chi connectivity index (χ1n) is 7.35. The highest BCUT2D eigenvalue weighted by Crippen LogP contribution is 2.31. The molecule has 9 nitrogen and oxygen atoms in total. The van der Waals surface area contributed by atoms with E-state index in [1.54, 1.807) is 19.9 Å². The van der Waals surface area contributed by atoms with Gasteiger partial charge in [-0.2, -0.15) is 5.26 Å². The molecule has 0 aliphatic carbocycles. The van der Waals surface area contributed by atoms with Gasteiger partial charge in [0.05, 0.1) is 4.92 Å². The third kappa shape index (κ3) is 3.23. The quantitative estimate of drug-likeness (QED) is 0.517. The maximum atomic E-state index is 12.4. The summed E-state index contributed by atoms with van der Waals surface area (Å²) in [5, 5.41) is 37.9. The number of pyridine rings is 1. The molecule has 0 bridgehead atoms. The van der Waals surface area contributed by atoms with Crippen LogP contribution in [0.15, 0.2) is 33.2 Å². The molecule has 1 aromatic carbocycles. The average Bonchev–Trinajstić information content (AvgIpc) is 2.56. The van der Waals surface area contributed by atoms with Crippen LogP contribution in [-0.4, -0.2) is 14.6 Å². The van der Waals surface area contributed by atoms with Gasteiger partial charge in [-0.1, -0.05) is 6.07 Å². The van der Waals surface area contributed by atoms with Crippen LogP contribution in [0, 0.1) is 35.3 Å². The van der Waals surface area contributed by atoms with Crippen LogP contribution in [0.2, 0.25) is 0 Å². The summed E-state index contributed by atoms with van der Waals surface area (Å²) in [7, 11) is 0. The van der Waals surface area contributed by atoms with Gasteiger partial charge in [0.15, 0.2) is 11.4 Å². The summed E-state index contributed by atoms with van der Waals surface area (Å²) >= 11 is 0. The van der Waals surface area contributed by atoms with Crippen molar-refractivity contribution >= 4 is 17.1 Å². The summed E-state index contributed by atoms with van der Waals surface area (Å²) in [6.07, 6.45) is 0. The number of nitro groups is 1. The van der Waals surface area contributed by atoms with Crippen molar-refractivity contribution < 1.29 is 10.0 Å². The van der Waals surface area contributed by atoms with Crippen LogP contribution in [0.4, 0.5) is 17.1 Å². The number of azo groups is 1. The first-order valence-corrected chi connectivity index (χ1v) is 7.35. The van der Waals surface area contributed by atoms with E-state index in [2.05, 4.69) is 10.2 Å². The zero-order valence-corrected chi connectivity index (χ0v) is 13.8. The molecule has 0 aliphatic heterocycles. The van der Waals surface area contributed by atoms with Crippen molar-refractivity contribution in [2.45, 2.75) is 27.3 Å². The summed E-state index contributed by atoms with van der Waals surface area (Å²) < 4.78 is 0.990. The molecule has 9 heteroatoms. The van der Waals surface area contributed by atoms with Crippen molar-refractivity contribution in [3.05, 3.63) is 55.4 Å². The number of aromatic hydroxyl groups is 1. The lowest BCUT2D eigenvalue weighted by Crippen LogP contribution is -2.20. The molecule has 0 saturated carbocycles. The summed E-state index contributed by atoms with van der Waals surface area (Å²) in [6.45, 7) is 4.92. The van der Waals surface area contributed by atoms with Gasteiger partial charge in [0.25, 0.3) is 11.2 Å². The van der Waals surface area contributed by atoms with Crippen LogP contribution in [0.5, 0.6) is 5.88 Å². The number of aryl methyl sites for hydroxylation is 1. The number of aromatic nitrogens is 1. The molecule has 0 spiro atoms. The molecular formula is C16H15N5O4. The lowest BCUT2D eigenvalue weighted by molar-refractivity contribution is -0.384. The van der Waals surface area contributed by atoms with Gasteiger partial charge in [0.1, 0.15) is 11.6 Å². The van der Waals surface area contributed by atoms with Crippen LogP contribution in [0.1, 0.15) is 23.6 Å². The number of nitrogens with zero attached hydrogens (tertiary/aromatic N) is 5. The first kappa shape index (κ1) is 17.8. The molecule has 25 heavy (non-hydrogen) atoms. The van der Waals surface area contributed by atoms with E-state index in [-0.39, 0.29) is 34.7 Å². The number of benzene rings is 1. The Labute approximate surface area is 142 Å². The highest BCUT2D eigenvalue weighted by Gasteiger charge is 2.19. The summed E-state index contributed by atoms with van der Waals surface area (Å²) in [5.41, 5.74) is -0.268. The Kier molecular flexibility index (Phi) is 4.93. The highest BCUT2D eigenvalue weighted by atomic mass is 16.6. The minimum absolute atomic E-state index is 0.0102. The normalized spacial score (nSPS) is 10.8. The molecule has 0 radical (unpaired) electrons. The fraction of sp³-hybridized carbons (Fsp3) is 0.250. The van der Waals surface area contributed by atoms with E-state index in [0.29, 0.717) is 5.56 Å². The number of rotatable bonds is 4. The monoisotopic (exact) mass is 341 g/mol. The maximum Gasteiger partial charge on any atom is 0.296 e. The van der Waals surface area contributed by atoms with E-state index in [4.69, 9.17) is 0 Å². The number of nitriles is 1.